The summed E-state index contributed by atoms with van der Waals surface area (Å²) in [5.74, 6) is 0.966. The highest BCUT2D eigenvalue weighted by atomic mass is 15.2. The maximum Gasteiger partial charge on any atom is 0.142 e. The lowest BCUT2D eigenvalue weighted by atomic mass is 10.2. The molecule has 0 aliphatic heterocycles. The van der Waals surface area contributed by atoms with Crippen molar-refractivity contribution in [3.8, 4) is 11.4 Å². The van der Waals surface area contributed by atoms with Gasteiger partial charge in [-0.15, -0.1) is 0 Å². The van der Waals surface area contributed by atoms with E-state index in [0.29, 0.717) is 0 Å². The van der Waals surface area contributed by atoms with Crippen molar-refractivity contribution in [2.24, 2.45) is 0 Å². The Morgan fingerprint density at radius 3 is 2.52 bits per heavy atom. The molecule has 2 aromatic carbocycles. The highest BCUT2D eigenvalue weighted by Gasteiger charge is 2.17. The lowest BCUT2D eigenvalue weighted by molar-refractivity contribution is 0.402. The van der Waals surface area contributed by atoms with Gasteiger partial charge in [-0.05, 0) is 56.9 Å². The Bertz CT molecular complexity index is 1140. The average Bonchev–Trinajstić information content (AvgIpc) is 3.21. The van der Waals surface area contributed by atoms with Gasteiger partial charge in [0.25, 0.3) is 0 Å². The van der Waals surface area contributed by atoms with Crippen molar-refractivity contribution in [3.05, 3.63) is 78.6 Å². The van der Waals surface area contributed by atoms with Crippen LogP contribution in [0.5, 0.6) is 0 Å². The van der Waals surface area contributed by atoms with Crippen LogP contribution in [-0.4, -0.2) is 60.2 Å². The number of rotatable bonds is 11. The molecule has 0 aliphatic rings. The third-order valence-corrected chi connectivity index (χ3v) is 5.87. The van der Waals surface area contributed by atoms with Crippen LogP contribution in [0.25, 0.3) is 22.4 Å². The van der Waals surface area contributed by atoms with E-state index in [1.165, 1.54) is 11.3 Å². The van der Waals surface area contributed by atoms with E-state index >= 15 is 0 Å². The van der Waals surface area contributed by atoms with Crippen molar-refractivity contribution in [2.75, 3.05) is 45.7 Å². The third-order valence-electron chi connectivity index (χ3n) is 5.87. The number of para-hydroxylation sites is 1. The SMILES string of the molecule is CN(C)CCCN(C)c1cccc2c1nc(-c1cccnc1)n2CCNCc1ccccc1. The zero-order valence-corrected chi connectivity index (χ0v) is 19.9. The largest absolute Gasteiger partial charge is 0.373 e. The molecule has 2 heterocycles. The summed E-state index contributed by atoms with van der Waals surface area (Å²) in [7, 11) is 6.40. The van der Waals surface area contributed by atoms with Gasteiger partial charge in [-0.2, -0.15) is 0 Å². The van der Waals surface area contributed by atoms with E-state index in [1.54, 1.807) is 0 Å². The molecule has 0 aliphatic carbocycles. The molecule has 0 bridgehead atoms. The van der Waals surface area contributed by atoms with Gasteiger partial charge < -0.3 is 19.7 Å². The Kier molecular flexibility index (Phi) is 7.70. The Balaban J connectivity index is 1.59. The van der Waals surface area contributed by atoms with Gasteiger partial charge in [-0.25, -0.2) is 4.98 Å². The average molecular weight is 443 g/mol. The second kappa shape index (κ2) is 11.1. The van der Waals surface area contributed by atoms with Crippen LogP contribution < -0.4 is 10.2 Å². The van der Waals surface area contributed by atoms with Gasteiger partial charge in [0.2, 0.25) is 0 Å². The van der Waals surface area contributed by atoms with Crippen LogP contribution >= 0.6 is 0 Å². The van der Waals surface area contributed by atoms with Gasteiger partial charge >= 0.3 is 0 Å². The Morgan fingerprint density at radius 2 is 1.76 bits per heavy atom. The van der Waals surface area contributed by atoms with E-state index in [9.17, 15) is 0 Å². The van der Waals surface area contributed by atoms with E-state index in [0.717, 1.165) is 61.6 Å². The Morgan fingerprint density at radius 1 is 0.909 bits per heavy atom. The minimum atomic E-state index is 0.835. The van der Waals surface area contributed by atoms with Crippen LogP contribution in [0.15, 0.2) is 73.1 Å². The first-order valence-electron chi connectivity index (χ1n) is 11.6. The number of hydrogen-bond acceptors (Lipinski definition) is 5. The highest BCUT2D eigenvalue weighted by Crippen LogP contribution is 2.30. The second-order valence-electron chi connectivity index (χ2n) is 8.71. The fourth-order valence-electron chi connectivity index (χ4n) is 4.15. The van der Waals surface area contributed by atoms with Gasteiger partial charge in [-0.3, -0.25) is 4.98 Å². The molecule has 0 spiro atoms. The zero-order chi connectivity index (χ0) is 23.0. The maximum absolute atomic E-state index is 5.13. The molecule has 2 aromatic heterocycles. The zero-order valence-electron chi connectivity index (χ0n) is 19.9. The molecular formula is C27H34N6. The Labute approximate surface area is 196 Å². The van der Waals surface area contributed by atoms with Crippen molar-refractivity contribution in [1.82, 2.24) is 24.8 Å². The summed E-state index contributed by atoms with van der Waals surface area (Å²) in [6.07, 6.45) is 4.82. The van der Waals surface area contributed by atoms with Gasteiger partial charge in [0.1, 0.15) is 11.3 Å². The van der Waals surface area contributed by atoms with Crippen LogP contribution in [0.3, 0.4) is 0 Å². The van der Waals surface area contributed by atoms with Crippen molar-refractivity contribution in [2.45, 2.75) is 19.5 Å². The fourth-order valence-corrected chi connectivity index (χ4v) is 4.15. The minimum Gasteiger partial charge on any atom is -0.373 e. The number of nitrogens with zero attached hydrogens (tertiary/aromatic N) is 5. The molecule has 1 N–H and O–H groups in total. The molecule has 0 saturated carbocycles. The van der Waals surface area contributed by atoms with Gasteiger partial charge in [0.05, 0.1) is 11.2 Å². The first-order chi connectivity index (χ1) is 16.1. The maximum atomic E-state index is 5.13. The molecule has 0 unspecified atom stereocenters. The van der Waals surface area contributed by atoms with E-state index < -0.39 is 0 Å². The van der Waals surface area contributed by atoms with Crippen molar-refractivity contribution >= 4 is 16.7 Å². The number of aromatic nitrogens is 3. The first kappa shape index (κ1) is 23.0. The Hall–Kier alpha value is -3.22. The molecule has 172 valence electrons. The molecule has 0 atom stereocenters. The summed E-state index contributed by atoms with van der Waals surface area (Å²) in [5.41, 5.74) is 5.71. The summed E-state index contributed by atoms with van der Waals surface area (Å²) < 4.78 is 2.32. The van der Waals surface area contributed by atoms with Crippen molar-refractivity contribution < 1.29 is 0 Å². The van der Waals surface area contributed by atoms with E-state index in [-0.39, 0.29) is 0 Å². The predicted octanol–water partition coefficient (Wildman–Crippen LogP) is 4.28. The smallest absolute Gasteiger partial charge is 0.142 e. The van der Waals surface area contributed by atoms with E-state index in [1.807, 2.05) is 18.5 Å². The summed E-state index contributed by atoms with van der Waals surface area (Å²) in [5, 5.41) is 3.58. The molecule has 4 rings (SSSR count). The predicted molar refractivity (Wildman–Crippen MR) is 138 cm³/mol. The quantitative estimate of drug-likeness (QED) is 0.352. The van der Waals surface area contributed by atoms with Gasteiger partial charge in [-0.1, -0.05) is 36.4 Å². The van der Waals surface area contributed by atoms with Crippen LogP contribution in [0.1, 0.15) is 12.0 Å². The molecule has 0 amide bonds. The number of anilines is 1. The molecule has 0 radical (unpaired) electrons. The number of nitrogens with one attached hydrogen (secondary N) is 1. The second-order valence-corrected chi connectivity index (χ2v) is 8.71. The molecule has 6 nitrogen and oxygen atoms in total. The van der Waals surface area contributed by atoms with Gasteiger partial charge in [0.15, 0.2) is 0 Å². The molecule has 4 aromatic rings. The monoisotopic (exact) mass is 442 g/mol. The van der Waals surface area contributed by atoms with Crippen LogP contribution in [0.2, 0.25) is 0 Å². The lowest BCUT2D eigenvalue weighted by Gasteiger charge is -2.21. The molecule has 0 fully saturated rings. The van der Waals surface area contributed by atoms with Crippen LogP contribution in [-0.2, 0) is 13.1 Å². The number of hydrogen-bond donors (Lipinski definition) is 1. The van der Waals surface area contributed by atoms with Gasteiger partial charge in [0, 0.05) is 51.2 Å². The number of fused-ring (bicyclic) bond motifs is 1. The van der Waals surface area contributed by atoms with E-state index in [2.05, 4.69) is 100 Å². The van der Waals surface area contributed by atoms with Crippen molar-refractivity contribution in [1.29, 1.82) is 0 Å². The van der Waals surface area contributed by atoms with Crippen molar-refractivity contribution in [3.63, 3.8) is 0 Å². The lowest BCUT2D eigenvalue weighted by Crippen LogP contribution is -2.23. The summed E-state index contributed by atoms with van der Waals surface area (Å²) in [4.78, 5) is 14.0. The minimum absolute atomic E-state index is 0.835. The van der Waals surface area contributed by atoms with E-state index in [4.69, 9.17) is 4.98 Å². The summed E-state index contributed by atoms with van der Waals surface area (Å²) in [6, 6.07) is 21.1. The van der Waals surface area contributed by atoms with Crippen LogP contribution in [0.4, 0.5) is 5.69 Å². The topological polar surface area (TPSA) is 49.2 Å². The highest BCUT2D eigenvalue weighted by molar-refractivity contribution is 5.91. The molecule has 33 heavy (non-hydrogen) atoms. The summed E-state index contributed by atoms with van der Waals surface area (Å²) in [6.45, 7) is 4.61. The fraction of sp³-hybridized carbons (Fsp3) is 0.333. The van der Waals surface area contributed by atoms with Crippen LogP contribution in [0, 0.1) is 0 Å². The number of imidazole rings is 1. The normalized spacial score (nSPS) is 11.4. The molecule has 0 saturated heterocycles. The third kappa shape index (κ3) is 5.78. The number of benzene rings is 2. The molecular weight excluding hydrogens is 408 g/mol. The summed E-state index contributed by atoms with van der Waals surface area (Å²) >= 11 is 0. The standard InChI is InChI=1S/C27H34N6/c1-31(2)17-9-18-32(3)24-13-7-14-25-26(24)30-27(23-12-8-15-28-21-23)33(25)19-16-29-20-22-10-5-4-6-11-22/h4-8,10-15,21,29H,9,16-20H2,1-3H3. The molecule has 6 heteroatoms. The first-order valence-corrected chi connectivity index (χ1v) is 11.6. The number of pyridine rings is 1.